The van der Waals surface area contributed by atoms with Crippen LogP contribution in [0.1, 0.15) is 18.4 Å². The summed E-state index contributed by atoms with van der Waals surface area (Å²) < 4.78 is 80.9. The van der Waals surface area contributed by atoms with E-state index in [9.17, 15) is 21.6 Å². The minimum absolute atomic E-state index is 0.0581. The molecule has 2 aromatic rings. The number of hydrogen-bond acceptors (Lipinski definition) is 3. The highest BCUT2D eigenvalue weighted by molar-refractivity contribution is 7.89. The van der Waals surface area contributed by atoms with E-state index in [-0.39, 0.29) is 35.1 Å². The molecule has 29 heavy (non-hydrogen) atoms. The fourth-order valence-electron chi connectivity index (χ4n) is 4.34. The number of rotatable bonds is 6. The summed E-state index contributed by atoms with van der Waals surface area (Å²) in [5.74, 6) is -2.17. The zero-order chi connectivity index (χ0) is 20.8. The molecule has 3 fully saturated rings. The lowest BCUT2D eigenvalue weighted by Crippen LogP contribution is -2.68. The Morgan fingerprint density at radius 3 is 2.41 bits per heavy atom. The van der Waals surface area contributed by atoms with Crippen molar-refractivity contribution in [3.05, 3.63) is 59.4 Å². The van der Waals surface area contributed by atoms with Gasteiger partial charge in [-0.3, -0.25) is 0 Å². The molecule has 1 aliphatic carbocycles. The zero-order valence-corrected chi connectivity index (χ0v) is 16.2. The van der Waals surface area contributed by atoms with Crippen LogP contribution in [0, 0.1) is 23.4 Å². The first kappa shape index (κ1) is 20.3. The van der Waals surface area contributed by atoms with Crippen molar-refractivity contribution in [1.29, 1.82) is 0 Å². The molecular formula is C20H20F4N2O2S. The Hall–Kier alpha value is -1.97. The van der Waals surface area contributed by atoms with Gasteiger partial charge in [0.2, 0.25) is 16.0 Å². The lowest BCUT2D eigenvalue weighted by molar-refractivity contribution is 0.0807. The van der Waals surface area contributed by atoms with E-state index in [1.165, 1.54) is 6.07 Å². The Labute approximate surface area is 166 Å². The second-order valence-corrected chi connectivity index (χ2v) is 9.39. The highest BCUT2D eigenvalue weighted by atomic mass is 32.2. The van der Waals surface area contributed by atoms with Gasteiger partial charge in [-0.15, -0.1) is 0 Å². The van der Waals surface area contributed by atoms with Gasteiger partial charge in [0, 0.05) is 29.8 Å². The standard InChI is InChI=1S/C20H20F4N2O2S/c21-10-29(27,28)26-20-13-6-16(7-13)25-18(20)8-11-2-1-3-17(19(11)24)12-4-14(22)9-15(23)5-12/h1-5,9,13,16,18,20,25-26H,6-8,10H2. The van der Waals surface area contributed by atoms with E-state index in [4.69, 9.17) is 0 Å². The number of halogens is 4. The molecule has 2 aromatic carbocycles. The van der Waals surface area contributed by atoms with Gasteiger partial charge in [0.1, 0.15) is 17.5 Å². The van der Waals surface area contributed by atoms with Gasteiger partial charge in [-0.2, -0.15) is 0 Å². The number of nitrogens with one attached hydrogen (secondary N) is 2. The molecular weight excluding hydrogens is 408 g/mol. The van der Waals surface area contributed by atoms with E-state index in [0.717, 1.165) is 25.0 Å². The monoisotopic (exact) mass is 428 g/mol. The molecule has 2 N–H and O–H groups in total. The molecule has 2 aliphatic heterocycles. The summed E-state index contributed by atoms with van der Waals surface area (Å²) in [6.45, 7) is 0. The number of sulfonamides is 1. The van der Waals surface area contributed by atoms with Gasteiger partial charge in [0.15, 0.2) is 0 Å². The minimum Gasteiger partial charge on any atom is -0.309 e. The first-order valence-electron chi connectivity index (χ1n) is 9.31. The molecule has 2 saturated heterocycles. The van der Waals surface area contributed by atoms with Gasteiger partial charge in [-0.25, -0.2) is 30.7 Å². The third-order valence-corrected chi connectivity index (χ3v) is 6.64. The maximum absolute atomic E-state index is 15.1. The first-order valence-corrected chi connectivity index (χ1v) is 11.0. The first-order chi connectivity index (χ1) is 13.8. The van der Waals surface area contributed by atoms with Crippen molar-refractivity contribution in [2.24, 2.45) is 5.92 Å². The van der Waals surface area contributed by atoms with Crippen molar-refractivity contribution >= 4 is 10.0 Å². The van der Waals surface area contributed by atoms with Crippen LogP contribution < -0.4 is 10.0 Å². The maximum atomic E-state index is 15.1. The van der Waals surface area contributed by atoms with Crippen molar-refractivity contribution < 1.29 is 26.0 Å². The van der Waals surface area contributed by atoms with Crippen LogP contribution in [-0.2, 0) is 16.4 Å². The summed E-state index contributed by atoms with van der Waals surface area (Å²) in [4.78, 5) is 0. The third-order valence-electron chi connectivity index (χ3n) is 5.72. The van der Waals surface area contributed by atoms with E-state index in [0.29, 0.717) is 6.07 Å². The number of piperidine rings is 2. The Balaban J connectivity index is 1.62. The molecule has 0 amide bonds. The summed E-state index contributed by atoms with van der Waals surface area (Å²) in [6, 6.07) is 5.14. The fourth-order valence-corrected chi connectivity index (χ4v) is 5.17. The minimum atomic E-state index is -4.06. The van der Waals surface area contributed by atoms with Crippen LogP contribution in [0.25, 0.3) is 11.1 Å². The Bertz CT molecular complexity index is 1000. The third kappa shape index (κ3) is 4.17. The summed E-state index contributed by atoms with van der Waals surface area (Å²) >= 11 is 0. The predicted molar refractivity (Wildman–Crippen MR) is 101 cm³/mol. The van der Waals surface area contributed by atoms with Crippen LogP contribution in [0.5, 0.6) is 0 Å². The average molecular weight is 428 g/mol. The molecule has 1 saturated carbocycles. The highest BCUT2D eigenvalue weighted by Gasteiger charge is 2.46. The Morgan fingerprint density at radius 2 is 1.76 bits per heavy atom. The second-order valence-electron chi connectivity index (χ2n) is 7.71. The van der Waals surface area contributed by atoms with E-state index in [1.54, 1.807) is 12.1 Å². The number of fused-ring (bicyclic) bond motifs is 2. The summed E-state index contributed by atoms with van der Waals surface area (Å²) in [5.41, 5.74) is 0.425. The Morgan fingerprint density at radius 1 is 1.07 bits per heavy atom. The van der Waals surface area contributed by atoms with Crippen LogP contribution in [-0.4, -0.2) is 32.5 Å². The van der Waals surface area contributed by atoms with Crippen molar-refractivity contribution in [1.82, 2.24) is 10.0 Å². The van der Waals surface area contributed by atoms with Crippen molar-refractivity contribution in [3.63, 3.8) is 0 Å². The fraction of sp³-hybridized carbons (Fsp3) is 0.400. The molecule has 2 heterocycles. The average Bonchev–Trinajstić information content (AvgIpc) is 2.62. The maximum Gasteiger partial charge on any atom is 0.241 e. The zero-order valence-electron chi connectivity index (χ0n) is 15.3. The molecule has 2 atom stereocenters. The summed E-state index contributed by atoms with van der Waals surface area (Å²) in [6.07, 6.45) is 1.71. The highest BCUT2D eigenvalue weighted by Crippen LogP contribution is 2.38. The van der Waals surface area contributed by atoms with Gasteiger partial charge in [-0.1, -0.05) is 18.2 Å². The molecule has 0 radical (unpaired) electrons. The quantitative estimate of drug-likeness (QED) is 0.695. The normalized spacial score (nSPS) is 26.2. The van der Waals surface area contributed by atoms with Gasteiger partial charge in [0.05, 0.1) is 0 Å². The van der Waals surface area contributed by atoms with Crippen LogP contribution in [0.15, 0.2) is 36.4 Å². The molecule has 2 unspecified atom stereocenters. The van der Waals surface area contributed by atoms with Gasteiger partial charge in [-0.05, 0) is 48.4 Å². The van der Waals surface area contributed by atoms with E-state index in [2.05, 4.69) is 10.0 Å². The second kappa shape index (κ2) is 7.70. The van der Waals surface area contributed by atoms with Gasteiger partial charge < -0.3 is 5.32 Å². The summed E-state index contributed by atoms with van der Waals surface area (Å²) in [7, 11) is -4.06. The molecule has 2 bridgehead atoms. The van der Waals surface area contributed by atoms with Crippen molar-refractivity contribution in [3.8, 4) is 11.1 Å². The van der Waals surface area contributed by atoms with Gasteiger partial charge >= 0.3 is 0 Å². The lowest BCUT2D eigenvalue weighted by atomic mass is 9.68. The van der Waals surface area contributed by atoms with E-state index < -0.39 is 45.6 Å². The largest absolute Gasteiger partial charge is 0.309 e. The van der Waals surface area contributed by atoms with Crippen LogP contribution in [0.2, 0.25) is 0 Å². The molecule has 0 aromatic heterocycles. The SMILES string of the molecule is O=S(=O)(CF)NC1C2CC(C2)NC1Cc1cccc(-c2cc(F)cc(F)c2)c1F. The Kier molecular flexibility index (Phi) is 5.39. The molecule has 3 aliphatic rings. The molecule has 5 rings (SSSR count). The molecule has 4 nitrogen and oxygen atoms in total. The van der Waals surface area contributed by atoms with Crippen LogP contribution >= 0.6 is 0 Å². The molecule has 9 heteroatoms. The lowest BCUT2D eigenvalue weighted by Gasteiger charge is -2.52. The summed E-state index contributed by atoms with van der Waals surface area (Å²) in [5, 5.41) is 3.30. The van der Waals surface area contributed by atoms with E-state index in [1.807, 2.05) is 0 Å². The topological polar surface area (TPSA) is 58.2 Å². The van der Waals surface area contributed by atoms with Crippen LogP contribution in [0.4, 0.5) is 17.6 Å². The van der Waals surface area contributed by atoms with E-state index >= 15 is 4.39 Å². The molecule has 156 valence electrons. The smallest absolute Gasteiger partial charge is 0.241 e. The van der Waals surface area contributed by atoms with Crippen molar-refractivity contribution in [2.45, 2.75) is 37.4 Å². The number of benzene rings is 2. The predicted octanol–water partition coefficient (Wildman–Crippen LogP) is 3.28. The number of hydrogen-bond donors (Lipinski definition) is 2. The number of alkyl halides is 1. The van der Waals surface area contributed by atoms with Crippen molar-refractivity contribution in [2.75, 3.05) is 6.01 Å². The molecule has 0 spiro atoms. The van der Waals surface area contributed by atoms with Crippen LogP contribution in [0.3, 0.4) is 0 Å². The van der Waals surface area contributed by atoms with Gasteiger partial charge in [0.25, 0.3) is 0 Å².